The van der Waals surface area contributed by atoms with Crippen molar-refractivity contribution >= 4 is 11.8 Å². The van der Waals surface area contributed by atoms with E-state index in [0.29, 0.717) is 5.95 Å². The lowest BCUT2D eigenvalue weighted by Crippen LogP contribution is -2.27. The van der Waals surface area contributed by atoms with E-state index in [-0.39, 0.29) is 24.4 Å². The van der Waals surface area contributed by atoms with Gasteiger partial charge in [0, 0.05) is 19.2 Å². The number of aromatic nitrogens is 2. The fourth-order valence-corrected chi connectivity index (χ4v) is 1.31. The van der Waals surface area contributed by atoms with E-state index in [2.05, 4.69) is 20.6 Å². The molecule has 18 heavy (non-hydrogen) atoms. The summed E-state index contributed by atoms with van der Waals surface area (Å²) in [4.78, 5) is 7.94. The van der Waals surface area contributed by atoms with Crippen LogP contribution in [0.3, 0.4) is 0 Å². The molecule has 0 amide bonds. The van der Waals surface area contributed by atoms with Gasteiger partial charge in [-0.1, -0.05) is 13.8 Å². The number of aliphatic hydroxyl groups is 1. The quantitative estimate of drug-likeness (QED) is 0.694. The van der Waals surface area contributed by atoms with Gasteiger partial charge in [0.05, 0.1) is 6.20 Å². The molecule has 102 valence electrons. The molecule has 0 bridgehead atoms. The van der Waals surface area contributed by atoms with Crippen LogP contribution in [0.5, 0.6) is 0 Å². The minimum atomic E-state index is -0.492. The molecule has 6 heteroatoms. The first kappa shape index (κ1) is 14.6. The van der Waals surface area contributed by atoms with Gasteiger partial charge < -0.3 is 15.7 Å². The second-order valence-corrected chi connectivity index (χ2v) is 4.41. The van der Waals surface area contributed by atoms with Crippen LogP contribution >= 0.6 is 0 Å². The molecule has 2 atom stereocenters. The average Bonchev–Trinajstić information content (AvgIpc) is 2.38. The first-order chi connectivity index (χ1) is 8.58. The fourth-order valence-electron chi connectivity index (χ4n) is 1.31. The Morgan fingerprint density at radius 3 is 2.78 bits per heavy atom. The molecule has 0 aliphatic carbocycles. The Balaban J connectivity index is 2.74. The summed E-state index contributed by atoms with van der Waals surface area (Å²) < 4.78 is 13.5. The summed E-state index contributed by atoms with van der Waals surface area (Å²) >= 11 is 0. The van der Waals surface area contributed by atoms with Crippen molar-refractivity contribution in [2.45, 2.75) is 33.2 Å². The van der Waals surface area contributed by atoms with Gasteiger partial charge >= 0.3 is 0 Å². The third-order valence-corrected chi connectivity index (χ3v) is 2.78. The number of hydrogen-bond acceptors (Lipinski definition) is 5. The molecule has 5 nitrogen and oxygen atoms in total. The molecule has 0 fully saturated rings. The summed E-state index contributed by atoms with van der Waals surface area (Å²) in [5.41, 5.74) is 0. The molecule has 0 aromatic carbocycles. The van der Waals surface area contributed by atoms with Crippen molar-refractivity contribution in [1.82, 2.24) is 9.97 Å². The van der Waals surface area contributed by atoms with Gasteiger partial charge in [-0.15, -0.1) is 0 Å². The van der Waals surface area contributed by atoms with Gasteiger partial charge in [-0.2, -0.15) is 4.98 Å². The van der Waals surface area contributed by atoms with Crippen LogP contribution in [0.25, 0.3) is 0 Å². The Kier molecular flexibility index (Phi) is 5.77. The van der Waals surface area contributed by atoms with Gasteiger partial charge in [-0.05, 0) is 19.3 Å². The molecule has 3 N–H and O–H groups in total. The summed E-state index contributed by atoms with van der Waals surface area (Å²) in [6.07, 6.45) is 2.09. The average molecular weight is 256 g/mol. The van der Waals surface area contributed by atoms with Crippen molar-refractivity contribution in [1.29, 1.82) is 0 Å². The van der Waals surface area contributed by atoms with Crippen LogP contribution in [0.15, 0.2) is 6.20 Å². The second kappa shape index (κ2) is 7.10. The number of nitrogens with one attached hydrogen (secondary N) is 2. The summed E-state index contributed by atoms with van der Waals surface area (Å²) in [7, 11) is 0. The normalized spacial score (nSPS) is 14.1. The molecule has 0 radical (unpaired) electrons. The monoisotopic (exact) mass is 256 g/mol. The number of nitrogens with zero attached hydrogens (tertiary/aromatic N) is 2. The van der Waals surface area contributed by atoms with Crippen LogP contribution in [0, 0.1) is 11.7 Å². The molecular formula is C12H21FN4O. The zero-order chi connectivity index (χ0) is 13.5. The first-order valence-corrected chi connectivity index (χ1v) is 6.22. The predicted molar refractivity (Wildman–Crippen MR) is 70.1 cm³/mol. The molecule has 0 saturated heterocycles. The SMILES string of the molecule is CCCNc1ncc(F)c(NC(C)C(C)CO)n1. The number of anilines is 2. The van der Waals surface area contributed by atoms with Crippen LogP contribution in [-0.2, 0) is 0 Å². The molecule has 0 spiro atoms. The van der Waals surface area contributed by atoms with Gasteiger partial charge in [0.2, 0.25) is 5.95 Å². The van der Waals surface area contributed by atoms with Gasteiger partial charge in [0.1, 0.15) is 0 Å². The van der Waals surface area contributed by atoms with Gasteiger partial charge in [0.25, 0.3) is 0 Å². The number of halogens is 1. The van der Waals surface area contributed by atoms with E-state index in [9.17, 15) is 4.39 Å². The van der Waals surface area contributed by atoms with Crippen LogP contribution in [0.2, 0.25) is 0 Å². The maximum Gasteiger partial charge on any atom is 0.224 e. The Morgan fingerprint density at radius 1 is 1.44 bits per heavy atom. The third kappa shape index (κ3) is 4.10. The van der Waals surface area contributed by atoms with Gasteiger partial charge in [0.15, 0.2) is 11.6 Å². The van der Waals surface area contributed by atoms with Crippen LogP contribution in [0.4, 0.5) is 16.2 Å². The lowest BCUT2D eigenvalue weighted by molar-refractivity contribution is 0.226. The van der Waals surface area contributed by atoms with Gasteiger partial charge in [-0.3, -0.25) is 0 Å². The molecule has 0 aliphatic heterocycles. The third-order valence-electron chi connectivity index (χ3n) is 2.78. The Bertz CT molecular complexity index is 375. The second-order valence-electron chi connectivity index (χ2n) is 4.41. The van der Waals surface area contributed by atoms with Crippen molar-refractivity contribution < 1.29 is 9.50 Å². The smallest absolute Gasteiger partial charge is 0.224 e. The Morgan fingerprint density at radius 2 is 2.17 bits per heavy atom. The first-order valence-electron chi connectivity index (χ1n) is 6.22. The minimum Gasteiger partial charge on any atom is -0.396 e. The fraction of sp³-hybridized carbons (Fsp3) is 0.667. The molecule has 2 unspecified atom stereocenters. The van der Waals surface area contributed by atoms with Crippen molar-refractivity contribution in [3.63, 3.8) is 0 Å². The summed E-state index contributed by atoms with van der Waals surface area (Å²) in [6.45, 7) is 6.57. The number of aliphatic hydroxyl groups excluding tert-OH is 1. The van der Waals surface area contributed by atoms with E-state index in [1.807, 2.05) is 20.8 Å². The van der Waals surface area contributed by atoms with E-state index in [0.717, 1.165) is 19.2 Å². The van der Waals surface area contributed by atoms with E-state index in [1.165, 1.54) is 0 Å². The van der Waals surface area contributed by atoms with E-state index < -0.39 is 5.82 Å². The number of hydrogen-bond donors (Lipinski definition) is 3. The van der Waals surface area contributed by atoms with Crippen molar-refractivity contribution in [2.75, 3.05) is 23.8 Å². The summed E-state index contributed by atoms with van der Waals surface area (Å²) in [5.74, 6) is 0.0986. The summed E-state index contributed by atoms with van der Waals surface area (Å²) in [5, 5.41) is 15.0. The Hall–Kier alpha value is -1.43. The molecule has 0 aliphatic rings. The number of rotatable bonds is 7. The molecule has 1 rings (SSSR count). The molecule has 1 aromatic rings. The van der Waals surface area contributed by atoms with E-state index >= 15 is 0 Å². The van der Waals surface area contributed by atoms with Crippen molar-refractivity contribution in [3.8, 4) is 0 Å². The largest absolute Gasteiger partial charge is 0.396 e. The lowest BCUT2D eigenvalue weighted by Gasteiger charge is -2.20. The standard InChI is InChI=1S/C12H21FN4O/c1-4-5-14-12-15-6-10(13)11(17-12)16-9(3)8(2)7-18/h6,8-9,18H,4-5,7H2,1-3H3,(H2,14,15,16,17). The molecule has 1 heterocycles. The van der Waals surface area contributed by atoms with E-state index in [4.69, 9.17) is 5.11 Å². The lowest BCUT2D eigenvalue weighted by atomic mass is 10.1. The van der Waals surface area contributed by atoms with Crippen LogP contribution in [0.1, 0.15) is 27.2 Å². The molecular weight excluding hydrogens is 235 g/mol. The molecule has 1 aromatic heterocycles. The van der Waals surface area contributed by atoms with Crippen molar-refractivity contribution in [3.05, 3.63) is 12.0 Å². The van der Waals surface area contributed by atoms with E-state index in [1.54, 1.807) is 0 Å². The molecule has 0 saturated carbocycles. The van der Waals surface area contributed by atoms with Crippen molar-refractivity contribution in [2.24, 2.45) is 5.92 Å². The maximum absolute atomic E-state index is 13.5. The maximum atomic E-state index is 13.5. The predicted octanol–water partition coefficient (Wildman–Crippen LogP) is 1.87. The van der Waals surface area contributed by atoms with Crippen LogP contribution < -0.4 is 10.6 Å². The summed E-state index contributed by atoms with van der Waals surface area (Å²) in [6, 6.07) is -0.0709. The van der Waals surface area contributed by atoms with Gasteiger partial charge in [-0.25, -0.2) is 9.37 Å². The highest BCUT2D eigenvalue weighted by atomic mass is 19.1. The highest BCUT2D eigenvalue weighted by Gasteiger charge is 2.14. The zero-order valence-electron chi connectivity index (χ0n) is 11.1. The minimum absolute atomic E-state index is 0.0198. The van der Waals surface area contributed by atoms with Crippen LogP contribution in [-0.4, -0.2) is 34.3 Å². The Labute approximate surface area is 107 Å². The zero-order valence-corrected chi connectivity index (χ0v) is 11.1. The topological polar surface area (TPSA) is 70.1 Å². The highest BCUT2D eigenvalue weighted by Crippen LogP contribution is 2.15. The highest BCUT2D eigenvalue weighted by molar-refractivity contribution is 5.41.